The topological polar surface area (TPSA) is 118 Å². The van der Waals surface area contributed by atoms with Crippen molar-refractivity contribution >= 4 is 21.9 Å². The van der Waals surface area contributed by atoms with Gasteiger partial charge < -0.3 is 10.8 Å². The molecule has 1 aromatic carbocycles. The number of carboxylic acids is 1. The Balaban J connectivity index is 3.26. The number of rotatable bonds is 5. The van der Waals surface area contributed by atoms with Gasteiger partial charge in [0.2, 0.25) is 15.9 Å². The van der Waals surface area contributed by atoms with Gasteiger partial charge in [0.25, 0.3) is 0 Å². The molecule has 7 nitrogen and oxygen atoms in total. The Bertz CT molecular complexity index is 629. The second-order valence-electron chi connectivity index (χ2n) is 3.67. The van der Waals surface area contributed by atoms with Crippen molar-refractivity contribution in [3.63, 3.8) is 0 Å². The first-order chi connectivity index (χ1) is 8.66. The maximum Gasteiger partial charge on any atom is 0.338 e. The van der Waals surface area contributed by atoms with Gasteiger partial charge in [0.15, 0.2) is 0 Å². The minimum Gasteiger partial charge on any atom is -0.478 e. The number of likely N-dealkylation sites (N-methyl/N-ethyl adjacent to an activating group) is 1. The molecule has 1 rings (SSSR count). The summed E-state index contributed by atoms with van der Waals surface area (Å²) in [7, 11) is -3.00. The van der Waals surface area contributed by atoms with Gasteiger partial charge in [-0.25, -0.2) is 17.6 Å². The first kappa shape index (κ1) is 15.1. The van der Waals surface area contributed by atoms with Crippen molar-refractivity contribution in [2.24, 2.45) is 5.73 Å². The molecular weight excluding hydrogens is 279 g/mol. The maximum absolute atomic E-state index is 13.2. The molecule has 0 atom stereocenters. The average Bonchev–Trinajstić information content (AvgIpc) is 2.27. The monoisotopic (exact) mass is 290 g/mol. The van der Waals surface area contributed by atoms with Gasteiger partial charge in [0.05, 0.1) is 17.0 Å². The van der Waals surface area contributed by atoms with Crippen molar-refractivity contribution in [3.8, 4) is 0 Å². The van der Waals surface area contributed by atoms with Gasteiger partial charge in [0, 0.05) is 7.05 Å². The number of nitrogens with two attached hydrogens (primary N) is 1. The van der Waals surface area contributed by atoms with Gasteiger partial charge in [-0.15, -0.1) is 0 Å². The summed E-state index contributed by atoms with van der Waals surface area (Å²) in [6.45, 7) is -0.567. The highest BCUT2D eigenvalue weighted by molar-refractivity contribution is 7.89. The third-order valence-corrected chi connectivity index (χ3v) is 4.05. The largest absolute Gasteiger partial charge is 0.478 e. The van der Waals surface area contributed by atoms with E-state index in [0.29, 0.717) is 10.4 Å². The molecule has 0 fully saturated rings. The normalized spacial score (nSPS) is 11.5. The van der Waals surface area contributed by atoms with Crippen molar-refractivity contribution in [1.29, 1.82) is 0 Å². The van der Waals surface area contributed by atoms with Gasteiger partial charge in [-0.2, -0.15) is 4.31 Å². The molecule has 0 radical (unpaired) electrons. The van der Waals surface area contributed by atoms with Crippen LogP contribution in [-0.2, 0) is 14.8 Å². The first-order valence-electron chi connectivity index (χ1n) is 4.93. The number of carbonyl (C=O) groups excluding carboxylic acids is 1. The fourth-order valence-electron chi connectivity index (χ4n) is 1.31. The van der Waals surface area contributed by atoms with E-state index in [0.717, 1.165) is 19.2 Å². The second kappa shape index (κ2) is 5.33. The fraction of sp³-hybridized carbons (Fsp3) is 0.200. The third-order valence-electron chi connectivity index (χ3n) is 2.25. The van der Waals surface area contributed by atoms with Crippen LogP contribution in [0.4, 0.5) is 4.39 Å². The van der Waals surface area contributed by atoms with Crippen LogP contribution in [0.5, 0.6) is 0 Å². The molecule has 0 bridgehead atoms. The number of hydrogen-bond donors (Lipinski definition) is 2. The summed E-state index contributed by atoms with van der Waals surface area (Å²) >= 11 is 0. The lowest BCUT2D eigenvalue weighted by molar-refractivity contribution is -0.118. The van der Waals surface area contributed by atoms with Crippen molar-refractivity contribution in [3.05, 3.63) is 29.6 Å². The molecule has 1 aromatic rings. The highest BCUT2D eigenvalue weighted by Crippen LogP contribution is 2.18. The number of benzene rings is 1. The van der Waals surface area contributed by atoms with E-state index in [9.17, 15) is 22.4 Å². The number of halogens is 1. The summed E-state index contributed by atoms with van der Waals surface area (Å²) in [5.74, 6) is -3.51. The highest BCUT2D eigenvalue weighted by Gasteiger charge is 2.24. The summed E-state index contributed by atoms with van der Waals surface area (Å²) in [6, 6.07) is 2.33. The summed E-state index contributed by atoms with van der Waals surface area (Å²) in [5.41, 5.74) is 4.10. The molecule has 0 spiro atoms. The highest BCUT2D eigenvalue weighted by atomic mass is 32.2. The molecule has 104 valence electrons. The van der Waals surface area contributed by atoms with E-state index in [1.807, 2.05) is 0 Å². The number of sulfonamides is 1. The van der Waals surface area contributed by atoms with Gasteiger partial charge in [-0.05, 0) is 18.2 Å². The number of aromatic carboxylic acids is 1. The molecule has 0 aromatic heterocycles. The van der Waals surface area contributed by atoms with Crippen LogP contribution in [-0.4, -0.2) is 43.3 Å². The zero-order valence-corrected chi connectivity index (χ0v) is 10.6. The maximum atomic E-state index is 13.2. The Labute approximate surface area is 108 Å². The molecule has 1 amide bonds. The molecule has 0 aliphatic carbocycles. The molecule has 0 aliphatic heterocycles. The van der Waals surface area contributed by atoms with Crippen molar-refractivity contribution in [2.75, 3.05) is 13.6 Å². The van der Waals surface area contributed by atoms with Crippen LogP contribution < -0.4 is 5.73 Å². The third kappa shape index (κ3) is 3.26. The number of carboxylic acid groups (broad SMARTS) is 1. The van der Waals surface area contributed by atoms with E-state index in [1.54, 1.807) is 0 Å². The summed E-state index contributed by atoms with van der Waals surface area (Å²) in [5, 5.41) is 8.72. The second-order valence-corrected chi connectivity index (χ2v) is 5.72. The van der Waals surface area contributed by atoms with E-state index in [1.165, 1.54) is 0 Å². The number of nitrogens with zero attached hydrogens (tertiary/aromatic N) is 1. The van der Waals surface area contributed by atoms with Gasteiger partial charge in [0.1, 0.15) is 5.82 Å². The SMILES string of the molecule is CN(CC(N)=O)S(=O)(=O)c1ccc(F)c(C(=O)O)c1. The quantitative estimate of drug-likeness (QED) is 0.767. The molecule has 0 heterocycles. The van der Waals surface area contributed by atoms with Crippen LogP contribution in [0.15, 0.2) is 23.1 Å². The standard InChI is InChI=1S/C10H11FN2O5S/c1-13(5-9(12)14)19(17,18)6-2-3-8(11)7(4-6)10(15)16/h2-4H,5H2,1H3,(H2,12,14)(H,15,16). The van der Waals surface area contributed by atoms with Crippen LogP contribution in [0.2, 0.25) is 0 Å². The Hall–Kier alpha value is -2.00. The lowest BCUT2D eigenvalue weighted by Gasteiger charge is -2.15. The number of amides is 1. The molecule has 19 heavy (non-hydrogen) atoms. The van der Waals surface area contributed by atoms with E-state index in [-0.39, 0.29) is 0 Å². The summed E-state index contributed by atoms with van der Waals surface area (Å²) in [6.07, 6.45) is 0. The molecule has 9 heteroatoms. The number of carbonyl (C=O) groups is 2. The average molecular weight is 290 g/mol. The molecule has 0 saturated heterocycles. The first-order valence-corrected chi connectivity index (χ1v) is 6.37. The Morgan fingerprint density at radius 3 is 2.47 bits per heavy atom. The number of primary amides is 1. The fourth-order valence-corrected chi connectivity index (χ4v) is 2.48. The van der Waals surface area contributed by atoms with Crippen molar-refractivity contribution in [2.45, 2.75) is 4.90 Å². The van der Waals surface area contributed by atoms with Gasteiger partial charge in [-0.1, -0.05) is 0 Å². The molecule has 0 aliphatic rings. The minimum absolute atomic E-state index is 0.435. The Morgan fingerprint density at radius 1 is 1.42 bits per heavy atom. The van der Waals surface area contributed by atoms with E-state index in [2.05, 4.69) is 0 Å². The van der Waals surface area contributed by atoms with Crippen LogP contribution in [0.1, 0.15) is 10.4 Å². The summed E-state index contributed by atoms with van der Waals surface area (Å²) in [4.78, 5) is 21.0. The van der Waals surface area contributed by atoms with Gasteiger partial charge in [-0.3, -0.25) is 4.79 Å². The molecule has 3 N–H and O–H groups in total. The summed E-state index contributed by atoms with van der Waals surface area (Å²) < 4.78 is 37.7. The van der Waals surface area contributed by atoms with E-state index in [4.69, 9.17) is 10.8 Å². The predicted octanol–water partition coefficient (Wildman–Crippen LogP) is -0.370. The molecule has 0 saturated carbocycles. The molecule has 0 unspecified atom stereocenters. The van der Waals surface area contributed by atoms with Crippen molar-refractivity contribution < 1.29 is 27.5 Å². The van der Waals surface area contributed by atoms with Crippen LogP contribution in [0.25, 0.3) is 0 Å². The smallest absolute Gasteiger partial charge is 0.338 e. The van der Waals surface area contributed by atoms with E-state index >= 15 is 0 Å². The Morgan fingerprint density at radius 2 is 2.00 bits per heavy atom. The molecular formula is C10H11FN2O5S. The zero-order chi connectivity index (χ0) is 14.8. The number of hydrogen-bond acceptors (Lipinski definition) is 4. The minimum atomic E-state index is -4.10. The predicted molar refractivity (Wildman–Crippen MR) is 62.4 cm³/mol. The van der Waals surface area contributed by atoms with Crippen LogP contribution >= 0.6 is 0 Å². The van der Waals surface area contributed by atoms with Crippen LogP contribution in [0.3, 0.4) is 0 Å². The van der Waals surface area contributed by atoms with Gasteiger partial charge >= 0.3 is 5.97 Å². The Kier molecular flexibility index (Phi) is 4.22. The van der Waals surface area contributed by atoms with E-state index < -0.39 is 44.7 Å². The lowest BCUT2D eigenvalue weighted by Crippen LogP contribution is -2.35. The zero-order valence-electron chi connectivity index (χ0n) is 9.83. The van der Waals surface area contributed by atoms with Crippen molar-refractivity contribution in [1.82, 2.24) is 4.31 Å². The lowest BCUT2D eigenvalue weighted by atomic mass is 10.2. The van der Waals surface area contributed by atoms with Crippen LogP contribution in [0, 0.1) is 5.82 Å².